The normalized spacial score (nSPS) is 11.4. The Balaban J connectivity index is 2.80. The molecule has 0 radical (unpaired) electrons. The first kappa shape index (κ1) is 15.8. The van der Waals surface area contributed by atoms with Gasteiger partial charge in [-0.3, -0.25) is 10.1 Å². The van der Waals surface area contributed by atoms with E-state index in [9.17, 15) is 10.1 Å². The lowest BCUT2D eigenvalue weighted by Crippen LogP contribution is -2.37. The lowest BCUT2D eigenvalue weighted by Gasteiger charge is -2.27. The van der Waals surface area contributed by atoms with Crippen LogP contribution in [0.15, 0.2) is 48.5 Å². The number of hydrogen-bond acceptors (Lipinski definition) is 2. The highest BCUT2D eigenvalue weighted by Crippen LogP contribution is 2.43. The van der Waals surface area contributed by atoms with Gasteiger partial charge in [-0.25, -0.2) is 0 Å². The van der Waals surface area contributed by atoms with Crippen molar-refractivity contribution in [1.29, 1.82) is 0 Å². The van der Waals surface area contributed by atoms with Crippen LogP contribution in [0.5, 0.6) is 0 Å². The van der Waals surface area contributed by atoms with Crippen molar-refractivity contribution in [2.75, 3.05) is 0 Å². The molecule has 2 aromatic carbocycles. The summed E-state index contributed by atoms with van der Waals surface area (Å²) in [6.45, 7) is 1.91. The number of nitro groups is 1. The zero-order valence-corrected chi connectivity index (χ0v) is 13.1. The van der Waals surface area contributed by atoms with Gasteiger partial charge >= 0.3 is 0 Å². The quantitative estimate of drug-likeness (QED) is 0.552. The Morgan fingerprint density at radius 3 is 1.76 bits per heavy atom. The highest BCUT2D eigenvalue weighted by atomic mass is 35.5. The third-order valence-corrected chi connectivity index (χ3v) is 4.22. The van der Waals surface area contributed by atoms with Gasteiger partial charge in [-0.05, 0) is 30.7 Å². The van der Waals surface area contributed by atoms with E-state index in [1.54, 1.807) is 48.5 Å². The summed E-state index contributed by atoms with van der Waals surface area (Å²) in [5.74, 6) is 0. The number of nitrogens with zero attached hydrogens (tertiary/aromatic N) is 1. The molecule has 0 N–H and O–H groups in total. The predicted molar refractivity (Wildman–Crippen MR) is 85.6 cm³/mol. The van der Waals surface area contributed by atoms with Gasteiger partial charge in [-0.15, -0.1) is 0 Å². The van der Waals surface area contributed by atoms with Crippen LogP contribution in [0, 0.1) is 10.1 Å². The first-order valence-electron chi connectivity index (χ1n) is 6.68. The molecule has 2 rings (SSSR count). The molecular formula is C16H15Cl2NO2. The molecule has 0 fully saturated rings. The summed E-state index contributed by atoms with van der Waals surface area (Å²) >= 11 is 12.5. The van der Waals surface area contributed by atoms with E-state index in [1.807, 2.05) is 6.92 Å². The molecule has 0 saturated carbocycles. The SMILES string of the molecule is CCCC(c1ccccc1Cl)(c1ccccc1Cl)[N+](=O)[O-]. The number of halogens is 2. The Morgan fingerprint density at radius 1 is 1.00 bits per heavy atom. The summed E-state index contributed by atoms with van der Waals surface area (Å²) in [6, 6.07) is 13.8. The molecule has 21 heavy (non-hydrogen) atoms. The summed E-state index contributed by atoms with van der Waals surface area (Å²) in [4.78, 5) is 11.7. The maximum Gasteiger partial charge on any atom is 0.274 e. The molecule has 0 unspecified atom stereocenters. The van der Waals surface area contributed by atoms with Crippen LogP contribution in [0.4, 0.5) is 0 Å². The lowest BCUT2D eigenvalue weighted by molar-refractivity contribution is -0.567. The Labute approximate surface area is 133 Å². The Morgan fingerprint density at radius 2 is 1.43 bits per heavy atom. The molecule has 0 saturated heterocycles. The average molecular weight is 324 g/mol. The van der Waals surface area contributed by atoms with Gasteiger partial charge in [0.2, 0.25) is 0 Å². The highest BCUT2D eigenvalue weighted by molar-refractivity contribution is 6.32. The smallest absolute Gasteiger partial charge is 0.263 e. The van der Waals surface area contributed by atoms with E-state index < -0.39 is 5.54 Å². The largest absolute Gasteiger partial charge is 0.274 e. The van der Waals surface area contributed by atoms with Crippen molar-refractivity contribution in [3.05, 3.63) is 79.8 Å². The molecule has 110 valence electrons. The van der Waals surface area contributed by atoms with Gasteiger partial charge < -0.3 is 0 Å². The number of rotatable bonds is 5. The number of benzene rings is 2. The second-order valence-electron chi connectivity index (χ2n) is 4.83. The van der Waals surface area contributed by atoms with Crippen molar-refractivity contribution in [3.8, 4) is 0 Å². The molecule has 2 aromatic rings. The standard InChI is InChI=1S/C16H15Cl2NO2/c1-2-11-16(19(20)21,12-7-3-5-9-14(12)17)13-8-4-6-10-15(13)18/h3-10H,2,11H2,1H3. The number of hydrogen-bond donors (Lipinski definition) is 0. The first-order chi connectivity index (χ1) is 10.0. The average Bonchev–Trinajstić information content (AvgIpc) is 2.46. The second-order valence-corrected chi connectivity index (χ2v) is 5.64. The van der Waals surface area contributed by atoms with Crippen molar-refractivity contribution in [3.63, 3.8) is 0 Å². The van der Waals surface area contributed by atoms with Gasteiger partial charge in [-0.2, -0.15) is 0 Å². The Bertz CT molecular complexity index is 613. The maximum absolute atomic E-state index is 12.0. The van der Waals surface area contributed by atoms with Crippen LogP contribution in [0.25, 0.3) is 0 Å². The van der Waals surface area contributed by atoms with E-state index in [0.717, 1.165) is 0 Å². The first-order valence-corrected chi connectivity index (χ1v) is 7.44. The van der Waals surface area contributed by atoms with Crippen LogP contribution < -0.4 is 0 Å². The summed E-state index contributed by atoms with van der Waals surface area (Å²) in [5, 5.41) is 12.8. The van der Waals surface area contributed by atoms with Gasteiger partial charge in [-0.1, -0.05) is 54.4 Å². The third-order valence-electron chi connectivity index (χ3n) is 3.56. The zero-order chi connectivity index (χ0) is 15.5. The summed E-state index contributed by atoms with van der Waals surface area (Å²) in [7, 11) is 0. The van der Waals surface area contributed by atoms with Gasteiger partial charge in [0, 0.05) is 11.3 Å². The Kier molecular flexibility index (Phi) is 4.86. The molecule has 0 bridgehead atoms. The van der Waals surface area contributed by atoms with E-state index in [-0.39, 0.29) is 4.92 Å². The molecule has 0 amide bonds. The summed E-state index contributed by atoms with van der Waals surface area (Å²) in [6.07, 6.45) is 0.963. The van der Waals surface area contributed by atoms with Crippen LogP contribution in [0.1, 0.15) is 30.9 Å². The van der Waals surface area contributed by atoms with Gasteiger partial charge in [0.25, 0.3) is 5.54 Å². The van der Waals surface area contributed by atoms with E-state index in [4.69, 9.17) is 23.2 Å². The predicted octanol–water partition coefficient (Wildman–Crippen LogP) is 5.31. The topological polar surface area (TPSA) is 43.1 Å². The fraction of sp³-hybridized carbons (Fsp3) is 0.250. The van der Waals surface area contributed by atoms with Crippen molar-refractivity contribution in [1.82, 2.24) is 0 Å². The van der Waals surface area contributed by atoms with Crippen LogP contribution in [0.3, 0.4) is 0 Å². The maximum atomic E-state index is 12.0. The fourth-order valence-electron chi connectivity index (χ4n) is 2.66. The van der Waals surface area contributed by atoms with E-state index in [1.165, 1.54) is 0 Å². The minimum absolute atomic E-state index is 0.279. The van der Waals surface area contributed by atoms with Gasteiger partial charge in [0.15, 0.2) is 0 Å². The molecule has 3 nitrogen and oxygen atoms in total. The van der Waals surface area contributed by atoms with Gasteiger partial charge in [0.05, 0.1) is 21.2 Å². The van der Waals surface area contributed by atoms with Crippen LogP contribution in [-0.4, -0.2) is 4.92 Å². The Hall–Kier alpha value is -1.58. The van der Waals surface area contributed by atoms with Crippen molar-refractivity contribution < 1.29 is 4.92 Å². The third kappa shape index (κ3) is 2.76. The molecule has 0 spiro atoms. The minimum atomic E-state index is -1.43. The summed E-state index contributed by atoms with van der Waals surface area (Å²) in [5.41, 5.74) is -0.468. The molecule has 0 aliphatic rings. The minimum Gasteiger partial charge on any atom is -0.263 e. The fourth-order valence-corrected chi connectivity index (χ4v) is 3.24. The van der Waals surface area contributed by atoms with Crippen LogP contribution in [0.2, 0.25) is 10.0 Å². The zero-order valence-electron chi connectivity index (χ0n) is 11.6. The molecule has 0 aliphatic carbocycles. The molecule has 0 heterocycles. The van der Waals surface area contributed by atoms with E-state index >= 15 is 0 Å². The van der Waals surface area contributed by atoms with Gasteiger partial charge in [0.1, 0.15) is 0 Å². The molecule has 5 heteroatoms. The summed E-state index contributed by atoms with van der Waals surface area (Å²) < 4.78 is 0. The molecule has 0 aromatic heterocycles. The van der Waals surface area contributed by atoms with Crippen molar-refractivity contribution in [2.45, 2.75) is 25.3 Å². The van der Waals surface area contributed by atoms with E-state index in [2.05, 4.69) is 0 Å². The highest BCUT2D eigenvalue weighted by Gasteiger charge is 2.48. The molecular weight excluding hydrogens is 309 g/mol. The van der Waals surface area contributed by atoms with Crippen molar-refractivity contribution in [2.24, 2.45) is 0 Å². The monoisotopic (exact) mass is 323 g/mol. The van der Waals surface area contributed by atoms with Crippen LogP contribution in [-0.2, 0) is 5.54 Å². The van der Waals surface area contributed by atoms with Crippen LogP contribution >= 0.6 is 23.2 Å². The molecule has 0 atom stereocenters. The van der Waals surface area contributed by atoms with E-state index in [0.29, 0.717) is 34.0 Å². The lowest BCUT2D eigenvalue weighted by atomic mass is 9.79. The molecule has 0 aliphatic heterocycles. The second kappa shape index (κ2) is 6.46. The van der Waals surface area contributed by atoms with Crippen molar-refractivity contribution >= 4 is 23.2 Å².